The van der Waals surface area contributed by atoms with Crippen LogP contribution in [0.4, 0.5) is 0 Å². The van der Waals surface area contributed by atoms with Gasteiger partial charge in [-0.15, -0.1) is 0 Å². The number of likely N-dealkylation sites (tertiary alicyclic amines) is 2. The van der Waals surface area contributed by atoms with Gasteiger partial charge in [0.2, 0.25) is 11.8 Å². The zero-order valence-electron chi connectivity index (χ0n) is 13.1. The van der Waals surface area contributed by atoms with E-state index in [2.05, 4.69) is 10.2 Å². The van der Waals surface area contributed by atoms with E-state index in [1.165, 1.54) is 25.7 Å². The third-order valence-corrected chi connectivity index (χ3v) is 5.57. The van der Waals surface area contributed by atoms with E-state index in [0.29, 0.717) is 25.0 Å². The quantitative estimate of drug-likeness (QED) is 0.844. The van der Waals surface area contributed by atoms with E-state index in [1.807, 2.05) is 4.90 Å². The number of likely N-dealkylation sites (N-methyl/N-ethyl adjacent to an activating group) is 1. The molecule has 3 fully saturated rings. The number of hydrogen-bond acceptors (Lipinski definition) is 3. The summed E-state index contributed by atoms with van der Waals surface area (Å²) in [5.74, 6) is 0.459. The zero-order valence-corrected chi connectivity index (χ0v) is 13.1. The van der Waals surface area contributed by atoms with Crippen molar-refractivity contribution in [2.75, 3.05) is 33.2 Å². The molecule has 2 heterocycles. The van der Waals surface area contributed by atoms with Crippen LogP contribution in [0.3, 0.4) is 0 Å². The van der Waals surface area contributed by atoms with Crippen LogP contribution in [0, 0.1) is 5.41 Å². The summed E-state index contributed by atoms with van der Waals surface area (Å²) in [6.45, 7) is 2.67. The molecule has 1 saturated carbocycles. The molecule has 1 spiro atoms. The third kappa shape index (κ3) is 2.68. The van der Waals surface area contributed by atoms with Crippen molar-refractivity contribution >= 4 is 11.8 Å². The van der Waals surface area contributed by atoms with Crippen LogP contribution in [0.15, 0.2) is 0 Å². The summed E-state index contributed by atoms with van der Waals surface area (Å²) in [4.78, 5) is 29.1. The fraction of sp³-hybridized carbons (Fsp3) is 0.875. The highest BCUT2D eigenvalue weighted by Gasteiger charge is 2.50. The summed E-state index contributed by atoms with van der Waals surface area (Å²) in [5, 5.41) is 2.91. The number of hydrogen-bond donors (Lipinski definition) is 1. The Morgan fingerprint density at radius 1 is 1.24 bits per heavy atom. The maximum atomic E-state index is 13.0. The number of piperidine rings is 1. The fourth-order valence-electron chi connectivity index (χ4n) is 4.39. The molecule has 0 aromatic heterocycles. The lowest BCUT2D eigenvalue weighted by atomic mass is 9.77. The first-order valence-corrected chi connectivity index (χ1v) is 8.40. The van der Waals surface area contributed by atoms with Gasteiger partial charge in [-0.2, -0.15) is 0 Å². The SMILES string of the molecule is CNCC(=O)N1CC[C@@]2(CCCN(C3CCCC3)C2=O)C1. The van der Waals surface area contributed by atoms with Gasteiger partial charge in [0.25, 0.3) is 0 Å². The normalized spacial score (nSPS) is 30.6. The summed E-state index contributed by atoms with van der Waals surface area (Å²) in [6.07, 6.45) is 7.76. The smallest absolute Gasteiger partial charge is 0.236 e. The van der Waals surface area contributed by atoms with Crippen molar-refractivity contribution in [1.82, 2.24) is 15.1 Å². The maximum Gasteiger partial charge on any atom is 0.236 e. The Morgan fingerprint density at radius 3 is 2.71 bits per heavy atom. The van der Waals surface area contributed by atoms with Gasteiger partial charge in [0.05, 0.1) is 12.0 Å². The standard InChI is InChI=1S/C16H27N3O2/c1-17-11-14(20)18-10-8-16(12-18)7-4-9-19(15(16)21)13-5-2-3-6-13/h13,17H,2-12H2,1H3/t16-/m0/s1. The lowest BCUT2D eigenvalue weighted by Gasteiger charge is -2.42. The fourth-order valence-corrected chi connectivity index (χ4v) is 4.39. The Balaban J connectivity index is 1.69. The highest BCUT2D eigenvalue weighted by molar-refractivity contribution is 5.86. The molecule has 118 valence electrons. The maximum absolute atomic E-state index is 13.0. The molecule has 0 aromatic rings. The number of carbonyl (C=O) groups is 2. The minimum Gasteiger partial charge on any atom is -0.340 e. The van der Waals surface area contributed by atoms with E-state index in [9.17, 15) is 9.59 Å². The van der Waals surface area contributed by atoms with Gasteiger partial charge in [-0.05, 0) is 39.2 Å². The number of carbonyl (C=O) groups excluding carboxylic acids is 2. The Hall–Kier alpha value is -1.10. The van der Waals surface area contributed by atoms with Crippen LogP contribution in [-0.2, 0) is 9.59 Å². The van der Waals surface area contributed by atoms with Crippen molar-refractivity contribution in [3.05, 3.63) is 0 Å². The monoisotopic (exact) mass is 293 g/mol. The average Bonchev–Trinajstić information content (AvgIpc) is 3.13. The van der Waals surface area contributed by atoms with Gasteiger partial charge in [-0.3, -0.25) is 9.59 Å². The molecule has 0 unspecified atom stereocenters. The van der Waals surface area contributed by atoms with Crippen LogP contribution in [0.1, 0.15) is 44.9 Å². The van der Waals surface area contributed by atoms with E-state index in [0.717, 1.165) is 32.4 Å². The number of nitrogens with zero attached hydrogens (tertiary/aromatic N) is 2. The lowest BCUT2D eigenvalue weighted by molar-refractivity contribution is -0.148. The van der Waals surface area contributed by atoms with Crippen LogP contribution in [0.25, 0.3) is 0 Å². The molecular weight excluding hydrogens is 266 g/mol. The van der Waals surface area contributed by atoms with Crippen molar-refractivity contribution < 1.29 is 9.59 Å². The molecule has 0 aromatic carbocycles. The number of rotatable bonds is 3. The molecular formula is C16H27N3O2. The lowest BCUT2D eigenvalue weighted by Crippen LogP contribution is -2.53. The van der Waals surface area contributed by atoms with Crippen LogP contribution >= 0.6 is 0 Å². The highest BCUT2D eigenvalue weighted by Crippen LogP contribution is 2.42. The topological polar surface area (TPSA) is 52.7 Å². The summed E-state index contributed by atoms with van der Waals surface area (Å²) in [6, 6.07) is 0.469. The van der Waals surface area contributed by atoms with Gasteiger partial charge in [0, 0.05) is 25.7 Å². The van der Waals surface area contributed by atoms with Crippen molar-refractivity contribution in [3.8, 4) is 0 Å². The number of nitrogens with one attached hydrogen (secondary N) is 1. The van der Waals surface area contributed by atoms with Gasteiger partial charge in [-0.25, -0.2) is 0 Å². The van der Waals surface area contributed by atoms with Crippen molar-refractivity contribution in [2.45, 2.75) is 51.0 Å². The van der Waals surface area contributed by atoms with Crippen LogP contribution < -0.4 is 5.32 Å². The Kier molecular flexibility index (Phi) is 4.20. The van der Waals surface area contributed by atoms with Crippen LogP contribution in [0.5, 0.6) is 0 Å². The molecule has 1 atom stereocenters. The van der Waals surface area contributed by atoms with Gasteiger partial charge in [-0.1, -0.05) is 12.8 Å². The molecule has 2 saturated heterocycles. The predicted molar refractivity (Wildman–Crippen MR) is 80.8 cm³/mol. The van der Waals surface area contributed by atoms with E-state index in [-0.39, 0.29) is 11.3 Å². The largest absolute Gasteiger partial charge is 0.340 e. The first kappa shape index (κ1) is 14.8. The van der Waals surface area contributed by atoms with Crippen molar-refractivity contribution in [1.29, 1.82) is 0 Å². The second-order valence-electron chi connectivity index (χ2n) is 6.92. The second-order valence-corrected chi connectivity index (χ2v) is 6.92. The van der Waals surface area contributed by atoms with Crippen LogP contribution in [0.2, 0.25) is 0 Å². The molecule has 3 aliphatic rings. The Labute approximate surface area is 127 Å². The van der Waals surface area contributed by atoms with Crippen LogP contribution in [-0.4, -0.2) is 60.9 Å². The van der Waals surface area contributed by atoms with Gasteiger partial charge in [0.1, 0.15) is 0 Å². The first-order chi connectivity index (χ1) is 10.2. The van der Waals surface area contributed by atoms with E-state index >= 15 is 0 Å². The third-order valence-electron chi connectivity index (χ3n) is 5.57. The second kappa shape index (κ2) is 5.95. The molecule has 5 heteroatoms. The summed E-state index contributed by atoms with van der Waals surface area (Å²) < 4.78 is 0. The number of amides is 2. The average molecular weight is 293 g/mol. The molecule has 0 bridgehead atoms. The van der Waals surface area contributed by atoms with Crippen molar-refractivity contribution in [3.63, 3.8) is 0 Å². The molecule has 2 aliphatic heterocycles. The molecule has 2 amide bonds. The van der Waals surface area contributed by atoms with Crippen molar-refractivity contribution in [2.24, 2.45) is 5.41 Å². The summed E-state index contributed by atoms with van der Waals surface area (Å²) in [7, 11) is 1.79. The highest BCUT2D eigenvalue weighted by atomic mass is 16.2. The minimum atomic E-state index is -0.274. The predicted octanol–water partition coefficient (Wildman–Crippen LogP) is 0.989. The molecule has 21 heavy (non-hydrogen) atoms. The molecule has 1 N–H and O–H groups in total. The van der Waals surface area contributed by atoms with E-state index < -0.39 is 0 Å². The molecule has 3 rings (SSSR count). The van der Waals surface area contributed by atoms with Gasteiger partial charge >= 0.3 is 0 Å². The Morgan fingerprint density at radius 2 is 2.00 bits per heavy atom. The Bertz CT molecular complexity index is 420. The minimum absolute atomic E-state index is 0.125. The molecule has 5 nitrogen and oxygen atoms in total. The van der Waals surface area contributed by atoms with E-state index in [4.69, 9.17) is 0 Å². The van der Waals surface area contributed by atoms with Gasteiger partial charge in [0.15, 0.2) is 0 Å². The zero-order chi connectivity index (χ0) is 14.9. The van der Waals surface area contributed by atoms with E-state index in [1.54, 1.807) is 7.05 Å². The molecule has 1 aliphatic carbocycles. The van der Waals surface area contributed by atoms with Gasteiger partial charge < -0.3 is 15.1 Å². The summed E-state index contributed by atoms with van der Waals surface area (Å²) in [5.41, 5.74) is -0.274. The summed E-state index contributed by atoms with van der Waals surface area (Å²) >= 11 is 0. The first-order valence-electron chi connectivity index (χ1n) is 8.40. The molecule has 0 radical (unpaired) electrons.